The summed E-state index contributed by atoms with van der Waals surface area (Å²) in [6.07, 6.45) is 1.49. The van der Waals surface area contributed by atoms with Gasteiger partial charge in [-0.2, -0.15) is 0 Å². The van der Waals surface area contributed by atoms with Gasteiger partial charge in [0, 0.05) is 17.1 Å². The van der Waals surface area contributed by atoms with Crippen LogP contribution >= 0.6 is 11.6 Å². The zero-order valence-electron chi connectivity index (χ0n) is 16.2. The molecule has 1 aliphatic carbocycles. The van der Waals surface area contributed by atoms with Crippen LogP contribution in [0.2, 0.25) is 5.02 Å². The van der Waals surface area contributed by atoms with Gasteiger partial charge in [-0.25, -0.2) is 9.59 Å². The molecule has 31 heavy (non-hydrogen) atoms. The molecule has 2 heterocycles. The van der Waals surface area contributed by atoms with E-state index in [1.165, 1.54) is 4.57 Å². The highest BCUT2D eigenvalue weighted by atomic mass is 35.5. The third kappa shape index (κ3) is 3.36. The van der Waals surface area contributed by atoms with Crippen molar-refractivity contribution >= 4 is 46.2 Å². The minimum atomic E-state index is -0.949. The van der Waals surface area contributed by atoms with Gasteiger partial charge in [-0.05, 0) is 54.3 Å². The minimum absolute atomic E-state index is 0.244. The van der Waals surface area contributed by atoms with Crippen molar-refractivity contribution < 1.29 is 18.8 Å². The third-order valence-corrected chi connectivity index (χ3v) is 5.98. The highest BCUT2D eigenvalue weighted by Crippen LogP contribution is 2.32. The highest BCUT2D eigenvalue weighted by molar-refractivity contribution is 6.31. The molecule has 2 aromatic carbocycles. The van der Waals surface area contributed by atoms with Crippen LogP contribution in [-0.2, 0) is 29.0 Å². The van der Waals surface area contributed by atoms with Crippen molar-refractivity contribution in [3.63, 3.8) is 0 Å². The van der Waals surface area contributed by atoms with Gasteiger partial charge in [0.15, 0.2) is 5.58 Å². The molecule has 1 fully saturated rings. The molecule has 1 spiro atoms. The number of carbonyl (C=O) groups is 3. The van der Waals surface area contributed by atoms with Crippen LogP contribution in [0.15, 0.2) is 45.6 Å². The molecule has 0 bridgehead atoms. The molecular weight excluding hydrogens is 424 g/mol. The van der Waals surface area contributed by atoms with E-state index in [1.54, 1.807) is 30.3 Å². The number of anilines is 1. The van der Waals surface area contributed by atoms with Gasteiger partial charge in [0.1, 0.15) is 12.1 Å². The van der Waals surface area contributed by atoms with E-state index in [4.69, 9.17) is 16.0 Å². The number of urea groups is 1. The number of rotatable bonds is 3. The number of imide groups is 1. The molecule has 3 N–H and O–H groups in total. The first kappa shape index (κ1) is 19.4. The summed E-state index contributed by atoms with van der Waals surface area (Å²) in [6.45, 7) is -0.244. The van der Waals surface area contributed by atoms with Gasteiger partial charge in [-0.15, -0.1) is 0 Å². The lowest BCUT2D eigenvalue weighted by Crippen LogP contribution is -2.51. The molecule has 2 aliphatic rings. The van der Waals surface area contributed by atoms with Crippen molar-refractivity contribution in [3.05, 3.63) is 63.1 Å². The number of nitrogens with one attached hydrogen (secondary N) is 3. The van der Waals surface area contributed by atoms with Gasteiger partial charge in [0.05, 0.1) is 5.52 Å². The Morgan fingerprint density at radius 2 is 2.00 bits per heavy atom. The van der Waals surface area contributed by atoms with Crippen LogP contribution in [0.4, 0.5) is 10.5 Å². The molecule has 158 valence electrons. The fraction of sp³-hybridized carbons (Fsp3) is 0.238. The maximum atomic E-state index is 12.6. The molecule has 1 aromatic heterocycles. The monoisotopic (exact) mass is 440 g/mol. The van der Waals surface area contributed by atoms with E-state index < -0.39 is 23.2 Å². The predicted octanol–water partition coefficient (Wildman–Crippen LogP) is 1.95. The Morgan fingerprint density at radius 1 is 1.16 bits per heavy atom. The molecule has 5 rings (SSSR count). The van der Waals surface area contributed by atoms with E-state index in [0.29, 0.717) is 41.1 Å². The van der Waals surface area contributed by atoms with E-state index in [1.807, 2.05) is 6.07 Å². The van der Waals surface area contributed by atoms with Crippen LogP contribution in [0.1, 0.15) is 17.5 Å². The summed E-state index contributed by atoms with van der Waals surface area (Å²) < 4.78 is 6.36. The van der Waals surface area contributed by atoms with Crippen LogP contribution in [0.3, 0.4) is 0 Å². The molecule has 0 saturated carbocycles. The zero-order valence-corrected chi connectivity index (χ0v) is 16.9. The third-order valence-electron chi connectivity index (χ3n) is 5.75. The summed E-state index contributed by atoms with van der Waals surface area (Å²) in [4.78, 5) is 48.6. The molecule has 10 heteroatoms. The van der Waals surface area contributed by atoms with Gasteiger partial charge in [0.25, 0.3) is 5.91 Å². The minimum Gasteiger partial charge on any atom is -0.408 e. The molecule has 0 radical (unpaired) electrons. The van der Waals surface area contributed by atoms with Gasteiger partial charge in [-0.3, -0.25) is 19.5 Å². The van der Waals surface area contributed by atoms with Crippen LogP contribution < -0.4 is 21.7 Å². The molecule has 4 amide bonds. The van der Waals surface area contributed by atoms with Crippen molar-refractivity contribution in [1.82, 2.24) is 15.2 Å². The van der Waals surface area contributed by atoms with Crippen molar-refractivity contribution in [3.8, 4) is 0 Å². The Hall–Kier alpha value is -3.59. The number of halogens is 1. The number of hydrogen-bond donors (Lipinski definition) is 3. The summed E-state index contributed by atoms with van der Waals surface area (Å²) in [6, 6.07) is 9.71. The summed E-state index contributed by atoms with van der Waals surface area (Å²) in [5.41, 5.74) is 2.30. The fourth-order valence-electron chi connectivity index (χ4n) is 4.23. The van der Waals surface area contributed by atoms with Crippen molar-refractivity contribution in [1.29, 1.82) is 0 Å². The smallest absolute Gasteiger partial charge is 0.408 e. The Balaban J connectivity index is 1.36. The van der Waals surface area contributed by atoms with Crippen molar-refractivity contribution in [2.45, 2.75) is 31.3 Å². The van der Waals surface area contributed by atoms with E-state index in [0.717, 1.165) is 11.1 Å². The first-order chi connectivity index (χ1) is 14.8. The molecule has 1 unspecified atom stereocenters. The normalized spacial score (nSPS) is 19.9. The number of amides is 4. The predicted molar refractivity (Wildman–Crippen MR) is 112 cm³/mol. The number of carbonyl (C=O) groups excluding carboxylic acids is 3. The molecule has 3 aromatic rings. The zero-order chi connectivity index (χ0) is 21.8. The van der Waals surface area contributed by atoms with E-state index in [2.05, 4.69) is 16.0 Å². The Bertz CT molecular complexity index is 1330. The molecule has 1 atom stereocenters. The lowest BCUT2D eigenvalue weighted by molar-refractivity contribution is -0.124. The van der Waals surface area contributed by atoms with Crippen LogP contribution in [-0.4, -0.2) is 28.0 Å². The standard InChI is InChI=1S/C21H17ClN4O5/c22-13-2-4-16-15(8-13)26(20(30)31-16)10-17(27)23-14-3-1-11-5-6-21(9-12(11)7-14)18(28)24-19(29)25-21/h1-4,7-8H,5-6,9-10H2,(H,23,27)(H2,24,25,28,29). The van der Waals surface area contributed by atoms with Crippen molar-refractivity contribution in [2.75, 3.05) is 5.32 Å². The quantitative estimate of drug-likeness (QED) is 0.537. The van der Waals surface area contributed by atoms with Crippen molar-refractivity contribution in [2.24, 2.45) is 0 Å². The second-order valence-corrected chi connectivity index (χ2v) is 8.20. The summed E-state index contributed by atoms with van der Waals surface area (Å²) >= 11 is 5.99. The summed E-state index contributed by atoms with van der Waals surface area (Å²) in [5, 5.41) is 8.23. The number of benzene rings is 2. The number of hydrogen-bond acceptors (Lipinski definition) is 5. The topological polar surface area (TPSA) is 122 Å². The number of oxazole rings is 1. The van der Waals surface area contributed by atoms with E-state index in [-0.39, 0.29) is 12.5 Å². The first-order valence-electron chi connectivity index (χ1n) is 9.67. The average Bonchev–Trinajstić information content (AvgIpc) is 3.16. The largest absolute Gasteiger partial charge is 0.420 e. The summed E-state index contributed by atoms with van der Waals surface area (Å²) in [5.74, 6) is -1.40. The number of aryl methyl sites for hydroxylation is 1. The Morgan fingerprint density at radius 3 is 2.77 bits per heavy atom. The maximum absolute atomic E-state index is 12.6. The summed E-state index contributed by atoms with van der Waals surface area (Å²) in [7, 11) is 0. The second-order valence-electron chi connectivity index (χ2n) is 7.76. The van der Waals surface area contributed by atoms with Crippen LogP contribution in [0.5, 0.6) is 0 Å². The van der Waals surface area contributed by atoms with Crippen LogP contribution in [0, 0.1) is 0 Å². The SMILES string of the molecule is O=C(Cn1c(=O)oc2ccc(Cl)cc21)Nc1ccc2c(c1)CC1(CC2)NC(=O)NC1=O. The molecule has 9 nitrogen and oxygen atoms in total. The van der Waals surface area contributed by atoms with Gasteiger partial charge >= 0.3 is 11.8 Å². The Kier molecular flexibility index (Phi) is 4.37. The van der Waals surface area contributed by atoms with Gasteiger partial charge in [-0.1, -0.05) is 17.7 Å². The molecular formula is C21H17ClN4O5. The lowest BCUT2D eigenvalue weighted by Gasteiger charge is -2.32. The Labute approximate surface area is 180 Å². The van der Waals surface area contributed by atoms with E-state index >= 15 is 0 Å². The lowest BCUT2D eigenvalue weighted by atomic mass is 9.78. The maximum Gasteiger partial charge on any atom is 0.420 e. The first-order valence-corrected chi connectivity index (χ1v) is 10.0. The number of aromatic nitrogens is 1. The highest BCUT2D eigenvalue weighted by Gasteiger charge is 2.47. The molecule has 1 saturated heterocycles. The fourth-order valence-corrected chi connectivity index (χ4v) is 4.40. The molecule has 1 aliphatic heterocycles. The number of fused-ring (bicyclic) bond motifs is 2. The second kappa shape index (κ2) is 6.98. The van der Waals surface area contributed by atoms with Gasteiger partial charge < -0.3 is 15.1 Å². The average molecular weight is 441 g/mol. The van der Waals surface area contributed by atoms with Crippen LogP contribution in [0.25, 0.3) is 11.1 Å². The van der Waals surface area contributed by atoms with Gasteiger partial charge in [0.2, 0.25) is 5.91 Å². The van der Waals surface area contributed by atoms with E-state index in [9.17, 15) is 19.2 Å². The number of nitrogens with zero attached hydrogens (tertiary/aromatic N) is 1.